The van der Waals surface area contributed by atoms with E-state index in [-0.39, 0.29) is 0 Å². The van der Waals surface area contributed by atoms with E-state index in [0.29, 0.717) is 16.9 Å². The Bertz CT molecular complexity index is 615. The molecule has 0 aromatic heterocycles. The molecule has 20 heavy (non-hydrogen) atoms. The predicted molar refractivity (Wildman–Crippen MR) is 89.5 cm³/mol. The van der Waals surface area contributed by atoms with Gasteiger partial charge < -0.3 is 5.73 Å². The van der Waals surface area contributed by atoms with Gasteiger partial charge in [-0.25, -0.2) is 0 Å². The van der Waals surface area contributed by atoms with E-state index in [0.717, 1.165) is 11.3 Å². The highest BCUT2D eigenvalue weighted by molar-refractivity contribution is 6.31. The Morgan fingerprint density at radius 1 is 0.850 bits per heavy atom. The van der Waals surface area contributed by atoms with Crippen molar-refractivity contribution in [2.75, 3.05) is 5.73 Å². The van der Waals surface area contributed by atoms with Gasteiger partial charge in [-0.05, 0) is 40.7 Å². The van der Waals surface area contributed by atoms with Crippen LogP contribution in [0.1, 0.15) is 50.7 Å². The van der Waals surface area contributed by atoms with Crippen LogP contribution < -0.4 is 5.73 Å². The molecule has 106 valence electrons. The molecule has 0 aliphatic rings. The molecule has 2 aromatic rings. The van der Waals surface area contributed by atoms with Gasteiger partial charge >= 0.3 is 0 Å². The van der Waals surface area contributed by atoms with Crippen molar-refractivity contribution in [1.29, 1.82) is 0 Å². The minimum atomic E-state index is 0.457. The summed E-state index contributed by atoms with van der Waals surface area (Å²) in [5, 5.41) is 0.677. The van der Waals surface area contributed by atoms with E-state index in [9.17, 15) is 0 Å². The molecular formula is C18H22ClN. The van der Waals surface area contributed by atoms with E-state index in [1.807, 2.05) is 18.2 Å². The van der Waals surface area contributed by atoms with Gasteiger partial charge in [0.2, 0.25) is 0 Å². The van der Waals surface area contributed by atoms with Crippen LogP contribution in [0.4, 0.5) is 5.69 Å². The maximum Gasteiger partial charge on any atom is 0.0426 e. The van der Waals surface area contributed by atoms with Gasteiger partial charge in [0.25, 0.3) is 0 Å². The minimum Gasteiger partial charge on any atom is -0.398 e. The summed E-state index contributed by atoms with van der Waals surface area (Å²) in [6.07, 6.45) is 0. The molecule has 0 spiro atoms. The van der Waals surface area contributed by atoms with Crippen molar-refractivity contribution in [3.05, 3.63) is 52.5 Å². The average Bonchev–Trinajstić information content (AvgIpc) is 2.38. The van der Waals surface area contributed by atoms with Crippen molar-refractivity contribution >= 4 is 17.3 Å². The molecule has 0 radical (unpaired) electrons. The van der Waals surface area contributed by atoms with Crippen LogP contribution in [0.5, 0.6) is 0 Å². The summed E-state index contributed by atoms with van der Waals surface area (Å²) in [7, 11) is 0. The lowest BCUT2D eigenvalue weighted by Crippen LogP contribution is -1.98. The Labute approximate surface area is 126 Å². The van der Waals surface area contributed by atoms with Crippen molar-refractivity contribution in [2.24, 2.45) is 0 Å². The van der Waals surface area contributed by atoms with Crippen molar-refractivity contribution < 1.29 is 0 Å². The highest BCUT2D eigenvalue weighted by Gasteiger charge is 2.13. The molecule has 0 saturated heterocycles. The second kappa shape index (κ2) is 5.88. The van der Waals surface area contributed by atoms with Gasteiger partial charge in [0, 0.05) is 16.3 Å². The zero-order valence-corrected chi connectivity index (χ0v) is 13.3. The molecule has 2 heteroatoms. The first-order valence-electron chi connectivity index (χ1n) is 7.09. The molecule has 0 heterocycles. The fourth-order valence-corrected chi connectivity index (χ4v) is 2.62. The maximum absolute atomic E-state index is 6.14. The first kappa shape index (κ1) is 14.9. The standard InChI is InChI=1S/C18H22ClN/c1-11(2)13-5-7-15(17(9-13)12(3)4)16-8-6-14(19)10-18(16)20/h5-12H,20H2,1-4H3. The van der Waals surface area contributed by atoms with Gasteiger partial charge in [-0.1, -0.05) is 63.6 Å². The van der Waals surface area contributed by atoms with Crippen LogP contribution in [0.2, 0.25) is 5.02 Å². The van der Waals surface area contributed by atoms with Crippen molar-refractivity contribution in [3.8, 4) is 11.1 Å². The molecule has 0 saturated carbocycles. The normalized spacial score (nSPS) is 11.3. The van der Waals surface area contributed by atoms with Crippen LogP contribution in [0.15, 0.2) is 36.4 Å². The van der Waals surface area contributed by atoms with Gasteiger partial charge in [-0.15, -0.1) is 0 Å². The van der Waals surface area contributed by atoms with Gasteiger partial charge in [0.1, 0.15) is 0 Å². The number of benzene rings is 2. The van der Waals surface area contributed by atoms with Crippen molar-refractivity contribution in [2.45, 2.75) is 39.5 Å². The van der Waals surface area contributed by atoms with E-state index in [1.165, 1.54) is 16.7 Å². The van der Waals surface area contributed by atoms with Gasteiger partial charge in [-0.3, -0.25) is 0 Å². The Kier molecular flexibility index (Phi) is 4.39. The highest BCUT2D eigenvalue weighted by atomic mass is 35.5. The summed E-state index contributed by atoms with van der Waals surface area (Å²) < 4.78 is 0. The summed E-state index contributed by atoms with van der Waals surface area (Å²) in [5.74, 6) is 0.989. The Morgan fingerprint density at radius 2 is 1.50 bits per heavy atom. The Morgan fingerprint density at radius 3 is 2.05 bits per heavy atom. The SMILES string of the molecule is CC(C)c1ccc(-c2ccc(Cl)cc2N)c(C(C)C)c1. The first-order valence-corrected chi connectivity index (χ1v) is 7.47. The van der Waals surface area contributed by atoms with Crippen LogP contribution in [0, 0.1) is 0 Å². The molecule has 0 bridgehead atoms. The second-order valence-electron chi connectivity index (χ2n) is 5.89. The summed E-state index contributed by atoms with van der Waals surface area (Å²) >= 11 is 5.99. The molecule has 0 aliphatic carbocycles. The summed E-state index contributed by atoms with van der Waals surface area (Å²) in [6.45, 7) is 8.87. The number of anilines is 1. The molecule has 0 fully saturated rings. The quantitative estimate of drug-likeness (QED) is 0.706. The van der Waals surface area contributed by atoms with E-state index < -0.39 is 0 Å². The molecule has 1 nitrogen and oxygen atoms in total. The number of rotatable bonds is 3. The number of halogens is 1. The third-order valence-electron chi connectivity index (χ3n) is 3.67. The Hall–Kier alpha value is -1.47. The Balaban J connectivity index is 2.61. The third kappa shape index (κ3) is 2.99. The minimum absolute atomic E-state index is 0.457. The molecular weight excluding hydrogens is 266 g/mol. The van der Waals surface area contributed by atoms with Crippen molar-refractivity contribution in [3.63, 3.8) is 0 Å². The largest absolute Gasteiger partial charge is 0.398 e. The van der Waals surface area contributed by atoms with Crippen LogP contribution in [0.3, 0.4) is 0 Å². The average molecular weight is 288 g/mol. The fourth-order valence-electron chi connectivity index (χ4n) is 2.44. The van der Waals surface area contributed by atoms with Gasteiger partial charge in [-0.2, -0.15) is 0 Å². The topological polar surface area (TPSA) is 26.0 Å². The highest BCUT2D eigenvalue weighted by Crippen LogP contribution is 2.35. The lowest BCUT2D eigenvalue weighted by Gasteiger charge is -2.18. The molecule has 2 rings (SSSR count). The lowest BCUT2D eigenvalue weighted by molar-refractivity contribution is 0.835. The van der Waals surface area contributed by atoms with E-state index >= 15 is 0 Å². The summed E-state index contributed by atoms with van der Waals surface area (Å²) in [5.41, 5.74) is 11.8. The zero-order valence-electron chi connectivity index (χ0n) is 12.6. The van der Waals surface area contributed by atoms with Gasteiger partial charge in [0.05, 0.1) is 0 Å². The smallest absolute Gasteiger partial charge is 0.0426 e. The zero-order chi connectivity index (χ0) is 14.9. The second-order valence-corrected chi connectivity index (χ2v) is 6.32. The van der Waals surface area contributed by atoms with Crippen molar-refractivity contribution in [1.82, 2.24) is 0 Å². The molecule has 2 N–H and O–H groups in total. The fraction of sp³-hybridized carbons (Fsp3) is 0.333. The molecule has 0 atom stereocenters. The van der Waals surface area contributed by atoms with E-state index in [2.05, 4.69) is 45.9 Å². The van der Waals surface area contributed by atoms with Crippen LogP contribution >= 0.6 is 11.6 Å². The van der Waals surface area contributed by atoms with Crippen LogP contribution in [-0.2, 0) is 0 Å². The molecule has 0 aliphatic heterocycles. The molecule has 2 aromatic carbocycles. The summed E-state index contributed by atoms with van der Waals surface area (Å²) in [4.78, 5) is 0. The lowest BCUT2D eigenvalue weighted by atomic mass is 9.88. The number of nitrogen functional groups attached to an aromatic ring is 1. The molecule has 0 unspecified atom stereocenters. The van der Waals surface area contributed by atoms with E-state index in [4.69, 9.17) is 17.3 Å². The summed E-state index contributed by atoms with van der Waals surface area (Å²) in [6, 6.07) is 12.4. The first-order chi connectivity index (χ1) is 9.40. The maximum atomic E-state index is 6.14. The van der Waals surface area contributed by atoms with Crippen LogP contribution in [-0.4, -0.2) is 0 Å². The van der Waals surface area contributed by atoms with E-state index in [1.54, 1.807) is 0 Å². The number of nitrogens with two attached hydrogens (primary N) is 1. The monoisotopic (exact) mass is 287 g/mol. The van der Waals surface area contributed by atoms with Crippen LogP contribution in [0.25, 0.3) is 11.1 Å². The molecule has 0 amide bonds. The van der Waals surface area contributed by atoms with Gasteiger partial charge in [0.15, 0.2) is 0 Å². The number of hydrogen-bond acceptors (Lipinski definition) is 1. The number of hydrogen-bond donors (Lipinski definition) is 1. The predicted octanol–water partition coefficient (Wildman–Crippen LogP) is 5.84. The third-order valence-corrected chi connectivity index (χ3v) is 3.90.